The number of carboxylic acids is 1. The van der Waals surface area contributed by atoms with Gasteiger partial charge in [0.25, 0.3) is 0 Å². The van der Waals surface area contributed by atoms with Gasteiger partial charge >= 0.3 is 5.97 Å². The van der Waals surface area contributed by atoms with Gasteiger partial charge in [0.2, 0.25) is 5.91 Å². The highest BCUT2D eigenvalue weighted by Gasteiger charge is 2.19. The molecule has 4 aromatic rings. The van der Waals surface area contributed by atoms with Crippen molar-refractivity contribution in [2.75, 3.05) is 5.32 Å². The van der Waals surface area contributed by atoms with E-state index in [1.165, 1.54) is 0 Å². The summed E-state index contributed by atoms with van der Waals surface area (Å²) < 4.78 is 5.89. The lowest BCUT2D eigenvalue weighted by Crippen LogP contribution is -2.20. The normalized spacial score (nSPS) is 11.8. The lowest BCUT2D eigenvalue weighted by molar-refractivity contribution is -0.137. The number of anilines is 1. The zero-order valence-electron chi connectivity index (χ0n) is 20.4. The van der Waals surface area contributed by atoms with Crippen molar-refractivity contribution >= 4 is 28.3 Å². The van der Waals surface area contributed by atoms with Crippen LogP contribution in [-0.2, 0) is 34.0 Å². The Kier molecular flexibility index (Phi) is 8.48. The molecule has 0 heterocycles. The second-order valence-corrected chi connectivity index (χ2v) is 9.00. The maximum atomic E-state index is 13.4. The van der Waals surface area contributed by atoms with Gasteiger partial charge in [-0.05, 0) is 58.9 Å². The number of carboxylic acid groups (broad SMARTS) is 1. The van der Waals surface area contributed by atoms with Gasteiger partial charge in [-0.3, -0.25) is 9.59 Å². The number of carbonyl (C=O) groups excluding carboxylic acids is 1. The summed E-state index contributed by atoms with van der Waals surface area (Å²) in [6.07, 6.45) is 1.15. The molecule has 0 bridgehead atoms. The number of fused-ring (bicyclic) bond motifs is 1. The SMILES string of the molecule is CC(C(=O)Nc1cc(COCc2ccccc2)ccc1CCCC(=O)O)c1cccc2ccccc12. The summed E-state index contributed by atoms with van der Waals surface area (Å²) >= 11 is 0. The van der Waals surface area contributed by atoms with E-state index in [9.17, 15) is 9.59 Å². The Morgan fingerprint density at radius 3 is 2.39 bits per heavy atom. The van der Waals surface area contributed by atoms with Crippen LogP contribution in [0.3, 0.4) is 0 Å². The van der Waals surface area contributed by atoms with Crippen LogP contribution in [0.1, 0.15) is 47.9 Å². The zero-order chi connectivity index (χ0) is 25.3. The van der Waals surface area contributed by atoms with Crippen molar-refractivity contribution in [1.82, 2.24) is 0 Å². The van der Waals surface area contributed by atoms with E-state index < -0.39 is 5.97 Å². The van der Waals surface area contributed by atoms with Gasteiger partial charge in [-0.1, -0.05) is 84.9 Å². The number of hydrogen-bond acceptors (Lipinski definition) is 3. The molecule has 0 aromatic heterocycles. The number of amides is 1. The second kappa shape index (κ2) is 12.1. The van der Waals surface area contributed by atoms with Gasteiger partial charge in [0, 0.05) is 12.1 Å². The summed E-state index contributed by atoms with van der Waals surface area (Å²) in [6, 6.07) is 29.9. The predicted molar refractivity (Wildman–Crippen MR) is 143 cm³/mol. The van der Waals surface area contributed by atoms with Crippen molar-refractivity contribution in [2.24, 2.45) is 0 Å². The molecular weight excluding hydrogens is 450 g/mol. The Balaban J connectivity index is 1.51. The molecule has 36 heavy (non-hydrogen) atoms. The van der Waals surface area contributed by atoms with Crippen molar-refractivity contribution in [3.63, 3.8) is 0 Å². The van der Waals surface area contributed by atoms with Crippen LogP contribution in [0.25, 0.3) is 10.8 Å². The maximum Gasteiger partial charge on any atom is 0.303 e. The van der Waals surface area contributed by atoms with Crippen LogP contribution in [0, 0.1) is 0 Å². The van der Waals surface area contributed by atoms with Crippen molar-refractivity contribution in [3.05, 3.63) is 113 Å². The largest absolute Gasteiger partial charge is 0.481 e. The first-order chi connectivity index (χ1) is 17.5. The summed E-state index contributed by atoms with van der Waals surface area (Å²) in [5.41, 5.74) is 4.64. The van der Waals surface area contributed by atoms with Gasteiger partial charge in [-0.25, -0.2) is 0 Å². The first-order valence-electron chi connectivity index (χ1n) is 12.2. The average Bonchev–Trinajstić information content (AvgIpc) is 2.89. The van der Waals surface area contributed by atoms with Crippen LogP contribution in [0.4, 0.5) is 5.69 Å². The fourth-order valence-electron chi connectivity index (χ4n) is 4.35. The molecule has 2 N–H and O–H groups in total. The van der Waals surface area contributed by atoms with Crippen molar-refractivity contribution in [3.8, 4) is 0 Å². The number of nitrogens with one attached hydrogen (secondary N) is 1. The molecule has 4 rings (SSSR count). The van der Waals surface area contributed by atoms with Crippen LogP contribution >= 0.6 is 0 Å². The van der Waals surface area contributed by atoms with Crippen LogP contribution in [0.2, 0.25) is 0 Å². The molecular formula is C31H31NO4. The number of aliphatic carboxylic acids is 1. The van der Waals surface area contributed by atoms with Crippen LogP contribution < -0.4 is 5.32 Å². The molecule has 5 nitrogen and oxygen atoms in total. The fraction of sp³-hybridized carbons (Fsp3) is 0.226. The van der Waals surface area contributed by atoms with Crippen molar-refractivity contribution < 1.29 is 19.4 Å². The van der Waals surface area contributed by atoms with E-state index in [0.717, 1.165) is 33.0 Å². The van der Waals surface area contributed by atoms with Gasteiger partial charge in [-0.2, -0.15) is 0 Å². The minimum Gasteiger partial charge on any atom is -0.481 e. The molecule has 4 aromatic carbocycles. The second-order valence-electron chi connectivity index (χ2n) is 9.00. The number of carbonyl (C=O) groups is 2. The third kappa shape index (κ3) is 6.58. The zero-order valence-corrected chi connectivity index (χ0v) is 20.4. The first kappa shape index (κ1) is 25.1. The summed E-state index contributed by atoms with van der Waals surface area (Å²) in [7, 11) is 0. The molecule has 0 radical (unpaired) electrons. The minimum absolute atomic E-state index is 0.0851. The highest BCUT2D eigenvalue weighted by Crippen LogP contribution is 2.28. The van der Waals surface area contributed by atoms with Crippen LogP contribution in [-0.4, -0.2) is 17.0 Å². The van der Waals surface area contributed by atoms with Gasteiger partial charge in [-0.15, -0.1) is 0 Å². The molecule has 0 aliphatic heterocycles. The van der Waals surface area contributed by atoms with Crippen LogP contribution in [0.5, 0.6) is 0 Å². The highest BCUT2D eigenvalue weighted by atomic mass is 16.5. The first-order valence-corrected chi connectivity index (χ1v) is 12.2. The van der Waals surface area contributed by atoms with E-state index in [1.54, 1.807) is 0 Å². The highest BCUT2D eigenvalue weighted by molar-refractivity contribution is 5.99. The fourth-order valence-corrected chi connectivity index (χ4v) is 4.35. The van der Waals surface area contributed by atoms with E-state index in [-0.39, 0.29) is 18.2 Å². The third-order valence-corrected chi connectivity index (χ3v) is 6.33. The van der Waals surface area contributed by atoms with E-state index in [4.69, 9.17) is 9.84 Å². The predicted octanol–water partition coefficient (Wildman–Crippen LogP) is 6.71. The lowest BCUT2D eigenvalue weighted by Gasteiger charge is -2.18. The molecule has 0 spiro atoms. The Hall–Kier alpha value is -3.96. The van der Waals surface area contributed by atoms with E-state index in [1.807, 2.05) is 97.9 Å². The van der Waals surface area contributed by atoms with Crippen molar-refractivity contribution in [2.45, 2.75) is 45.3 Å². The molecule has 5 heteroatoms. The van der Waals surface area contributed by atoms with E-state index in [0.29, 0.717) is 31.7 Å². The van der Waals surface area contributed by atoms with Gasteiger partial charge in [0.1, 0.15) is 0 Å². The summed E-state index contributed by atoms with van der Waals surface area (Å²) in [5.74, 6) is -1.29. The molecule has 0 aliphatic rings. The topological polar surface area (TPSA) is 75.6 Å². The van der Waals surface area contributed by atoms with Gasteiger partial charge in [0.15, 0.2) is 0 Å². The van der Waals surface area contributed by atoms with Gasteiger partial charge in [0.05, 0.1) is 19.1 Å². The standard InChI is InChI=1S/C31H31NO4/c1-22(27-15-7-12-25-11-5-6-14-28(25)27)31(35)32-29-19-24(17-18-26(29)13-8-16-30(33)34)21-36-20-23-9-3-2-4-10-23/h2-7,9-12,14-15,17-19,22H,8,13,16,20-21H2,1H3,(H,32,35)(H,33,34). The minimum atomic E-state index is -0.823. The quantitative estimate of drug-likeness (QED) is 0.250. The smallest absolute Gasteiger partial charge is 0.303 e. The molecule has 1 amide bonds. The molecule has 0 fully saturated rings. The van der Waals surface area contributed by atoms with Gasteiger partial charge < -0.3 is 15.2 Å². The number of rotatable bonds is 11. The number of aryl methyl sites for hydroxylation is 1. The summed E-state index contributed by atoms with van der Waals surface area (Å²) in [4.78, 5) is 24.4. The molecule has 184 valence electrons. The Morgan fingerprint density at radius 1 is 0.861 bits per heavy atom. The Bertz CT molecular complexity index is 1330. The molecule has 0 saturated heterocycles. The average molecular weight is 482 g/mol. The third-order valence-electron chi connectivity index (χ3n) is 6.33. The summed E-state index contributed by atoms with van der Waals surface area (Å²) in [6.45, 7) is 2.82. The Labute approximate surface area is 211 Å². The number of ether oxygens (including phenoxy) is 1. The van der Waals surface area contributed by atoms with E-state index >= 15 is 0 Å². The van der Waals surface area contributed by atoms with Crippen LogP contribution in [0.15, 0.2) is 91.0 Å². The molecule has 1 atom stereocenters. The molecule has 1 unspecified atom stereocenters. The number of benzene rings is 4. The summed E-state index contributed by atoms with van der Waals surface area (Å²) in [5, 5.41) is 14.3. The molecule has 0 saturated carbocycles. The number of hydrogen-bond donors (Lipinski definition) is 2. The Morgan fingerprint density at radius 2 is 1.58 bits per heavy atom. The molecule has 0 aliphatic carbocycles. The lowest BCUT2D eigenvalue weighted by atomic mass is 9.94. The monoisotopic (exact) mass is 481 g/mol. The van der Waals surface area contributed by atoms with Crippen molar-refractivity contribution in [1.29, 1.82) is 0 Å². The maximum absolute atomic E-state index is 13.4. The van der Waals surface area contributed by atoms with E-state index in [2.05, 4.69) is 5.32 Å².